The van der Waals surface area contributed by atoms with Crippen LogP contribution in [0.1, 0.15) is 58.4 Å². The van der Waals surface area contributed by atoms with Crippen LogP contribution in [0, 0.1) is 11.3 Å². The fourth-order valence-corrected chi connectivity index (χ4v) is 2.31. The van der Waals surface area contributed by atoms with Crippen LogP contribution in [0.2, 0.25) is 0 Å². The molecule has 5 heteroatoms. The summed E-state index contributed by atoms with van der Waals surface area (Å²) in [6, 6.07) is 7.20. The maximum atomic E-state index is 12.6. The molecular weight excluding hydrogens is 304 g/mol. The average Bonchev–Trinajstić information content (AvgIpc) is 2.60. The standard InChI is InChI=1S/C19H28N2O3/c1-5-7-8-11-19(3,23-4)18(22)21-17-10-9-16(24-12-6-2)13-15(17)14-20/h9-10,13H,5-8,11-12H2,1-4H3,(H,21,22)/t19-/m0/s1. The first-order valence-electron chi connectivity index (χ1n) is 8.54. The number of hydrogen-bond acceptors (Lipinski definition) is 4. The van der Waals surface area contributed by atoms with E-state index in [0.717, 1.165) is 25.7 Å². The van der Waals surface area contributed by atoms with E-state index in [1.165, 1.54) is 0 Å². The van der Waals surface area contributed by atoms with E-state index in [0.29, 0.717) is 30.0 Å². The SMILES string of the molecule is CCCCC[C@](C)(OC)C(=O)Nc1ccc(OCCC)cc1C#N. The molecule has 0 aliphatic rings. The molecule has 0 unspecified atom stereocenters. The summed E-state index contributed by atoms with van der Waals surface area (Å²) in [5.41, 5.74) is -0.0479. The van der Waals surface area contributed by atoms with Crippen molar-refractivity contribution in [3.63, 3.8) is 0 Å². The number of nitriles is 1. The number of ether oxygens (including phenoxy) is 2. The zero-order valence-electron chi connectivity index (χ0n) is 15.1. The second-order valence-electron chi connectivity index (χ2n) is 6.01. The van der Waals surface area contributed by atoms with Crippen LogP contribution in [0.15, 0.2) is 18.2 Å². The van der Waals surface area contributed by atoms with Crippen molar-refractivity contribution in [3.8, 4) is 11.8 Å². The van der Waals surface area contributed by atoms with Crippen LogP contribution in [-0.2, 0) is 9.53 Å². The van der Waals surface area contributed by atoms with Gasteiger partial charge in [0.1, 0.15) is 17.4 Å². The normalized spacial score (nSPS) is 13.0. The number of hydrogen-bond donors (Lipinski definition) is 1. The molecule has 5 nitrogen and oxygen atoms in total. The van der Waals surface area contributed by atoms with Gasteiger partial charge in [0.2, 0.25) is 0 Å². The van der Waals surface area contributed by atoms with Gasteiger partial charge in [0.15, 0.2) is 0 Å². The molecule has 1 atom stereocenters. The highest BCUT2D eigenvalue weighted by atomic mass is 16.5. The van der Waals surface area contributed by atoms with Gasteiger partial charge < -0.3 is 14.8 Å². The van der Waals surface area contributed by atoms with Gasteiger partial charge in [-0.2, -0.15) is 5.26 Å². The Kier molecular flexibility index (Phi) is 8.28. The number of amides is 1. The van der Waals surface area contributed by atoms with Gasteiger partial charge in [0.25, 0.3) is 5.91 Å². The van der Waals surface area contributed by atoms with Gasteiger partial charge >= 0.3 is 0 Å². The number of rotatable bonds is 10. The summed E-state index contributed by atoms with van der Waals surface area (Å²) in [4.78, 5) is 12.6. The number of carbonyl (C=O) groups is 1. The topological polar surface area (TPSA) is 71.3 Å². The molecule has 0 spiro atoms. The number of benzene rings is 1. The van der Waals surface area contributed by atoms with Gasteiger partial charge in [-0.1, -0.05) is 33.1 Å². The smallest absolute Gasteiger partial charge is 0.256 e. The van der Waals surface area contributed by atoms with Crippen LogP contribution >= 0.6 is 0 Å². The second kappa shape index (κ2) is 9.94. The third-order valence-electron chi connectivity index (χ3n) is 4.02. The van der Waals surface area contributed by atoms with E-state index in [-0.39, 0.29) is 5.91 Å². The maximum Gasteiger partial charge on any atom is 0.256 e. The van der Waals surface area contributed by atoms with Crippen molar-refractivity contribution in [1.29, 1.82) is 5.26 Å². The van der Waals surface area contributed by atoms with Gasteiger partial charge in [0.05, 0.1) is 17.9 Å². The van der Waals surface area contributed by atoms with E-state index in [9.17, 15) is 10.1 Å². The number of unbranched alkanes of at least 4 members (excludes halogenated alkanes) is 2. The van der Waals surface area contributed by atoms with Gasteiger partial charge in [-0.25, -0.2) is 0 Å². The number of nitrogens with one attached hydrogen (secondary N) is 1. The van der Waals surface area contributed by atoms with E-state index < -0.39 is 5.60 Å². The van der Waals surface area contributed by atoms with Gasteiger partial charge in [-0.15, -0.1) is 0 Å². The minimum atomic E-state index is -0.903. The Bertz CT molecular complexity index is 580. The van der Waals surface area contributed by atoms with Crippen molar-refractivity contribution in [1.82, 2.24) is 0 Å². The summed E-state index contributed by atoms with van der Waals surface area (Å²) in [5.74, 6) is 0.392. The highest BCUT2D eigenvalue weighted by Crippen LogP contribution is 2.25. The number of anilines is 1. The van der Waals surface area contributed by atoms with E-state index >= 15 is 0 Å². The Hall–Kier alpha value is -2.06. The highest BCUT2D eigenvalue weighted by molar-refractivity contribution is 5.98. The molecule has 0 bridgehead atoms. The molecular formula is C19H28N2O3. The molecule has 1 rings (SSSR count). The van der Waals surface area contributed by atoms with Gasteiger partial charge in [-0.05, 0) is 38.0 Å². The zero-order chi connectivity index (χ0) is 18.0. The average molecular weight is 332 g/mol. The molecule has 24 heavy (non-hydrogen) atoms. The summed E-state index contributed by atoms with van der Waals surface area (Å²) >= 11 is 0. The minimum absolute atomic E-state index is 0.236. The van der Waals surface area contributed by atoms with E-state index in [1.54, 1.807) is 32.2 Å². The summed E-state index contributed by atoms with van der Waals surface area (Å²) in [6.45, 7) is 6.51. The Morgan fingerprint density at radius 2 is 2.04 bits per heavy atom. The summed E-state index contributed by atoms with van der Waals surface area (Å²) in [6.07, 6.45) is 4.59. The molecule has 0 saturated carbocycles. The predicted octanol–water partition coefficient (Wildman–Crippen LogP) is 4.27. The second-order valence-corrected chi connectivity index (χ2v) is 6.01. The first-order valence-corrected chi connectivity index (χ1v) is 8.54. The molecule has 0 radical (unpaired) electrons. The Morgan fingerprint density at radius 3 is 2.62 bits per heavy atom. The fourth-order valence-electron chi connectivity index (χ4n) is 2.31. The molecule has 1 amide bonds. The van der Waals surface area contributed by atoms with E-state index in [2.05, 4.69) is 18.3 Å². The number of methoxy groups -OCH3 is 1. The largest absolute Gasteiger partial charge is 0.494 e. The molecule has 1 aromatic rings. The summed E-state index contributed by atoms with van der Waals surface area (Å²) in [5, 5.41) is 12.1. The van der Waals surface area contributed by atoms with Crippen LogP contribution < -0.4 is 10.1 Å². The molecule has 0 heterocycles. The fraction of sp³-hybridized carbons (Fsp3) is 0.579. The molecule has 0 aliphatic carbocycles. The zero-order valence-corrected chi connectivity index (χ0v) is 15.1. The molecule has 132 valence electrons. The van der Waals surface area contributed by atoms with E-state index in [4.69, 9.17) is 9.47 Å². The summed E-state index contributed by atoms with van der Waals surface area (Å²) < 4.78 is 11.0. The first-order chi connectivity index (χ1) is 11.5. The van der Waals surface area contributed by atoms with Crippen LogP contribution in [0.4, 0.5) is 5.69 Å². The van der Waals surface area contributed by atoms with Crippen molar-refractivity contribution in [2.75, 3.05) is 19.0 Å². The quantitative estimate of drug-likeness (QED) is 0.649. The van der Waals surface area contributed by atoms with Gasteiger partial charge in [-0.3, -0.25) is 4.79 Å². The number of nitrogens with zero attached hydrogens (tertiary/aromatic N) is 1. The molecule has 0 aromatic heterocycles. The minimum Gasteiger partial charge on any atom is -0.494 e. The molecule has 0 aliphatic heterocycles. The van der Waals surface area contributed by atoms with Crippen LogP contribution in [0.5, 0.6) is 5.75 Å². The van der Waals surface area contributed by atoms with E-state index in [1.807, 2.05) is 6.92 Å². The third kappa shape index (κ3) is 5.54. The maximum absolute atomic E-state index is 12.6. The molecule has 1 aromatic carbocycles. The Balaban J connectivity index is 2.86. The first kappa shape index (κ1) is 20.0. The molecule has 0 saturated heterocycles. The van der Waals surface area contributed by atoms with Crippen molar-refractivity contribution < 1.29 is 14.3 Å². The lowest BCUT2D eigenvalue weighted by Gasteiger charge is -2.27. The van der Waals surface area contributed by atoms with Crippen LogP contribution in [0.3, 0.4) is 0 Å². The Morgan fingerprint density at radius 1 is 1.29 bits per heavy atom. The van der Waals surface area contributed by atoms with Crippen molar-refractivity contribution >= 4 is 11.6 Å². The molecule has 1 N–H and O–H groups in total. The van der Waals surface area contributed by atoms with Crippen LogP contribution in [0.25, 0.3) is 0 Å². The van der Waals surface area contributed by atoms with Gasteiger partial charge in [0, 0.05) is 7.11 Å². The highest BCUT2D eigenvalue weighted by Gasteiger charge is 2.32. The lowest BCUT2D eigenvalue weighted by Crippen LogP contribution is -2.42. The van der Waals surface area contributed by atoms with Crippen molar-refractivity contribution in [3.05, 3.63) is 23.8 Å². The summed E-state index contributed by atoms with van der Waals surface area (Å²) in [7, 11) is 1.54. The lowest BCUT2D eigenvalue weighted by atomic mass is 9.96. The number of carbonyl (C=O) groups excluding carboxylic acids is 1. The van der Waals surface area contributed by atoms with Crippen molar-refractivity contribution in [2.45, 2.75) is 58.5 Å². The third-order valence-corrected chi connectivity index (χ3v) is 4.02. The molecule has 0 fully saturated rings. The predicted molar refractivity (Wildman–Crippen MR) is 95.1 cm³/mol. The monoisotopic (exact) mass is 332 g/mol. The van der Waals surface area contributed by atoms with Crippen LogP contribution in [-0.4, -0.2) is 25.2 Å². The lowest BCUT2D eigenvalue weighted by molar-refractivity contribution is -0.136. The Labute approximate surface area is 145 Å². The van der Waals surface area contributed by atoms with Crippen molar-refractivity contribution in [2.24, 2.45) is 0 Å².